The third kappa shape index (κ3) is 4.07. The minimum atomic E-state index is -0.00829. The van der Waals surface area contributed by atoms with Gasteiger partial charge in [0.15, 0.2) is 0 Å². The fourth-order valence-corrected chi connectivity index (χ4v) is 1.86. The van der Waals surface area contributed by atoms with Gasteiger partial charge in [0.1, 0.15) is 0 Å². The molecule has 0 aliphatic carbocycles. The summed E-state index contributed by atoms with van der Waals surface area (Å²) in [6, 6.07) is 11.2. The van der Waals surface area contributed by atoms with E-state index in [0.717, 1.165) is 16.9 Å². The lowest BCUT2D eigenvalue weighted by Gasteiger charge is -2.07. The number of hydrogen-bond acceptors (Lipinski definition) is 2. The molecule has 0 unspecified atom stereocenters. The molecular formula is C15H15ClN2O. The Bertz CT molecular complexity index is 567. The Labute approximate surface area is 117 Å². The monoisotopic (exact) mass is 274 g/mol. The first kappa shape index (κ1) is 13.6. The van der Waals surface area contributed by atoms with Gasteiger partial charge in [-0.3, -0.25) is 9.78 Å². The maximum absolute atomic E-state index is 11.8. The molecule has 0 atom stereocenters. The zero-order valence-corrected chi connectivity index (χ0v) is 11.4. The van der Waals surface area contributed by atoms with Crippen molar-refractivity contribution >= 4 is 23.2 Å². The Balaban J connectivity index is 1.88. The van der Waals surface area contributed by atoms with Crippen molar-refractivity contribution in [2.24, 2.45) is 0 Å². The van der Waals surface area contributed by atoms with Gasteiger partial charge in [0.2, 0.25) is 5.91 Å². The summed E-state index contributed by atoms with van der Waals surface area (Å²) in [6.45, 7) is 1.87. The van der Waals surface area contributed by atoms with Gasteiger partial charge in [0.05, 0.1) is 11.4 Å². The number of benzene rings is 1. The third-order valence-electron chi connectivity index (χ3n) is 2.84. The van der Waals surface area contributed by atoms with Crippen molar-refractivity contribution in [2.75, 3.05) is 5.32 Å². The number of carbonyl (C=O) groups excluding carboxylic acids is 1. The highest BCUT2D eigenvalue weighted by atomic mass is 35.5. The second-order valence-corrected chi connectivity index (χ2v) is 4.75. The van der Waals surface area contributed by atoms with Crippen molar-refractivity contribution in [3.8, 4) is 0 Å². The van der Waals surface area contributed by atoms with Crippen LogP contribution in [0.5, 0.6) is 0 Å². The first-order chi connectivity index (χ1) is 9.15. The van der Waals surface area contributed by atoms with Crippen molar-refractivity contribution in [3.05, 3.63) is 58.9 Å². The number of aryl methyl sites for hydroxylation is 2. The summed E-state index contributed by atoms with van der Waals surface area (Å²) in [5.41, 5.74) is 2.69. The van der Waals surface area contributed by atoms with Crippen molar-refractivity contribution in [2.45, 2.75) is 19.8 Å². The molecule has 1 aromatic carbocycles. The molecule has 1 amide bonds. The molecule has 0 spiro atoms. The predicted molar refractivity (Wildman–Crippen MR) is 77.4 cm³/mol. The van der Waals surface area contributed by atoms with Crippen LogP contribution in [0.1, 0.15) is 17.7 Å². The number of anilines is 1. The smallest absolute Gasteiger partial charge is 0.224 e. The van der Waals surface area contributed by atoms with Gasteiger partial charge in [-0.15, -0.1) is 0 Å². The van der Waals surface area contributed by atoms with E-state index in [1.165, 1.54) is 0 Å². The molecule has 0 saturated heterocycles. The molecule has 0 aliphatic heterocycles. The topological polar surface area (TPSA) is 42.0 Å². The number of rotatable bonds is 4. The summed E-state index contributed by atoms with van der Waals surface area (Å²) in [7, 11) is 0. The molecule has 3 nitrogen and oxygen atoms in total. The number of nitrogens with one attached hydrogen (secondary N) is 1. The van der Waals surface area contributed by atoms with E-state index in [9.17, 15) is 4.79 Å². The molecular weight excluding hydrogens is 260 g/mol. The van der Waals surface area contributed by atoms with E-state index in [4.69, 9.17) is 11.6 Å². The molecule has 0 radical (unpaired) electrons. The maximum Gasteiger partial charge on any atom is 0.224 e. The third-order valence-corrected chi connectivity index (χ3v) is 3.09. The van der Waals surface area contributed by atoms with Crippen molar-refractivity contribution < 1.29 is 4.79 Å². The van der Waals surface area contributed by atoms with E-state index < -0.39 is 0 Å². The van der Waals surface area contributed by atoms with Gasteiger partial charge in [0.25, 0.3) is 0 Å². The van der Waals surface area contributed by atoms with E-state index in [-0.39, 0.29) is 5.91 Å². The van der Waals surface area contributed by atoms with Gasteiger partial charge in [0, 0.05) is 17.6 Å². The van der Waals surface area contributed by atoms with Crippen LogP contribution in [-0.4, -0.2) is 10.9 Å². The lowest BCUT2D eigenvalue weighted by Crippen LogP contribution is -2.13. The minimum absolute atomic E-state index is 0.00829. The number of pyridine rings is 1. The maximum atomic E-state index is 11.8. The van der Waals surface area contributed by atoms with E-state index in [0.29, 0.717) is 17.9 Å². The van der Waals surface area contributed by atoms with Crippen molar-refractivity contribution in [3.63, 3.8) is 0 Å². The minimum Gasteiger partial charge on any atom is -0.324 e. The van der Waals surface area contributed by atoms with E-state index >= 15 is 0 Å². The van der Waals surface area contributed by atoms with Crippen LogP contribution in [0.2, 0.25) is 5.02 Å². The SMILES string of the molecule is Cc1ncccc1NC(=O)CCc1ccc(Cl)cc1. The fraction of sp³-hybridized carbons (Fsp3) is 0.200. The highest BCUT2D eigenvalue weighted by Gasteiger charge is 2.05. The van der Waals surface area contributed by atoms with Gasteiger partial charge in [-0.1, -0.05) is 23.7 Å². The van der Waals surface area contributed by atoms with E-state index in [1.54, 1.807) is 6.20 Å². The Morgan fingerprint density at radius 1 is 1.26 bits per heavy atom. The number of hydrogen-bond donors (Lipinski definition) is 1. The number of aromatic nitrogens is 1. The Hall–Kier alpha value is -1.87. The highest BCUT2D eigenvalue weighted by molar-refractivity contribution is 6.30. The summed E-state index contributed by atoms with van der Waals surface area (Å²) in [6.07, 6.45) is 2.84. The summed E-state index contributed by atoms with van der Waals surface area (Å²) < 4.78 is 0. The van der Waals surface area contributed by atoms with E-state index in [2.05, 4.69) is 10.3 Å². The molecule has 0 saturated carbocycles. The summed E-state index contributed by atoms with van der Waals surface area (Å²) in [4.78, 5) is 16.0. The molecule has 1 aromatic heterocycles. The summed E-state index contributed by atoms with van der Waals surface area (Å²) in [5, 5.41) is 3.57. The van der Waals surface area contributed by atoms with Gasteiger partial charge in [-0.2, -0.15) is 0 Å². The Kier molecular flexibility index (Phi) is 4.53. The lowest BCUT2D eigenvalue weighted by atomic mass is 10.1. The molecule has 2 aromatic rings. The molecule has 4 heteroatoms. The lowest BCUT2D eigenvalue weighted by molar-refractivity contribution is -0.116. The number of amides is 1. The zero-order valence-electron chi connectivity index (χ0n) is 10.7. The number of nitrogens with zero attached hydrogens (tertiary/aromatic N) is 1. The fourth-order valence-electron chi connectivity index (χ4n) is 1.74. The first-order valence-corrected chi connectivity index (χ1v) is 6.49. The largest absolute Gasteiger partial charge is 0.324 e. The van der Waals surface area contributed by atoms with Crippen LogP contribution in [0.3, 0.4) is 0 Å². The molecule has 2 rings (SSSR count). The molecule has 98 valence electrons. The van der Waals surface area contributed by atoms with Crippen LogP contribution in [0.4, 0.5) is 5.69 Å². The van der Waals surface area contributed by atoms with Crippen LogP contribution in [0, 0.1) is 6.92 Å². The van der Waals surface area contributed by atoms with Gasteiger partial charge in [-0.25, -0.2) is 0 Å². The van der Waals surface area contributed by atoms with Gasteiger partial charge in [-0.05, 0) is 43.2 Å². The molecule has 19 heavy (non-hydrogen) atoms. The quantitative estimate of drug-likeness (QED) is 0.925. The zero-order chi connectivity index (χ0) is 13.7. The Morgan fingerprint density at radius 2 is 2.00 bits per heavy atom. The van der Waals surface area contributed by atoms with Crippen LogP contribution >= 0.6 is 11.6 Å². The summed E-state index contributed by atoms with van der Waals surface area (Å²) >= 11 is 5.81. The molecule has 1 heterocycles. The molecule has 0 aliphatic rings. The second kappa shape index (κ2) is 6.34. The average molecular weight is 275 g/mol. The predicted octanol–water partition coefficient (Wildman–Crippen LogP) is 3.61. The second-order valence-electron chi connectivity index (χ2n) is 4.31. The van der Waals surface area contributed by atoms with Crippen LogP contribution < -0.4 is 5.32 Å². The normalized spacial score (nSPS) is 10.2. The van der Waals surface area contributed by atoms with Crippen molar-refractivity contribution in [1.82, 2.24) is 4.98 Å². The standard InChI is InChI=1S/C15H15ClN2O/c1-11-14(3-2-10-17-11)18-15(19)9-6-12-4-7-13(16)8-5-12/h2-5,7-8,10H,6,9H2,1H3,(H,18,19). The van der Waals surface area contributed by atoms with Crippen LogP contribution in [0.25, 0.3) is 0 Å². The Morgan fingerprint density at radius 3 is 2.68 bits per heavy atom. The molecule has 0 bridgehead atoms. The van der Waals surface area contributed by atoms with Gasteiger partial charge >= 0.3 is 0 Å². The van der Waals surface area contributed by atoms with Crippen molar-refractivity contribution in [1.29, 1.82) is 0 Å². The average Bonchev–Trinajstić information content (AvgIpc) is 2.41. The first-order valence-electron chi connectivity index (χ1n) is 6.11. The van der Waals surface area contributed by atoms with Crippen LogP contribution in [-0.2, 0) is 11.2 Å². The summed E-state index contributed by atoms with van der Waals surface area (Å²) in [5.74, 6) is -0.00829. The molecule has 0 fully saturated rings. The number of halogens is 1. The number of carbonyl (C=O) groups is 1. The highest BCUT2D eigenvalue weighted by Crippen LogP contribution is 2.13. The van der Waals surface area contributed by atoms with Gasteiger partial charge < -0.3 is 5.32 Å². The molecule has 1 N–H and O–H groups in total. The van der Waals surface area contributed by atoms with Crippen LogP contribution in [0.15, 0.2) is 42.6 Å². The van der Waals surface area contributed by atoms with E-state index in [1.807, 2.05) is 43.3 Å².